The molecule has 1 aliphatic carbocycles. The Kier molecular flexibility index (Phi) is 5.65. The number of primary amides is 1. The van der Waals surface area contributed by atoms with Crippen molar-refractivity contribution in [3.05, 3.63) is 35.4 Å². The number of carbonyl (C=O) groups is 2. The van der Waals surface area contributed by atoms with Crippen molar-refractivity contribution in [3.8, 4) is 0 Å². The Labute approximate surface area is 143 Å². The molecule has 2 amide bonds. The maximum absolute atomic E-state index is 12.8. The number of halogens is 1. The fraction of sp³-hybridized carbons (Fsp3) is 0.529. The van der Waals surface area contributed by atoms with Crippen LogP contribution in [0.25, 0.3) is 0 Å². The summed E-state index contributed by atoms with van der Waals surface area (Å²) in [5.74, 6) is 0.374. The van der Waals surface area contributed by atoms with Gasteiger partial charge in [-0.1, -0.05) is 19.1 Å². The van der Waals surface area contributed by atoms with E-state index in [9.17, 15) is 9.59 Å². The van der Waals surface area contributed by atoms with Crippen LogP contribution in [0.1, 0.15) is 35.7 Å². The van der Waals surface area contributed by atoms with Crippen molar-refractivity contribution < 1.29 is 9.59 Å². The van der Waals surface area contributed by atoms with Crippen LogP contribution in [0.15, 0.2) is 24.3 Å². The van der Waals surface area contributed by atoms with E-state index in [2.05, 4.69) is 5.32 Å². The third-order valence-corrected chi connectivity index (χ3v) is 4.77. The first-order valence-electron chi connectivity index (χ1n) is 7.96. The number of hydrogen-bond acceptors (Lipinski definition) is 3. The fourth-order valence-electron chi connectivity index (χ4n) is 2.87. The van der Waals surface area contributed by atoms with Crippen LogP contribution in [0.2, 0.25) is 0 Å². The Morgan fingerprint density at radius 3 is 2.30 bits per heavy atom. The molecule has 0 radical (unpaired) electrons. The van der Waals surface area contributed by atoms with Gasteiger partial charge >= 0.3 is 0 Å². The van der Waals surface area contributed by atoms with Crippen molar-refractivity contribution in [2.24, 2.45) is 17.6 Å². The van der Waals surface area contributed by atoms with Crippen LogP contribution >= 0.6 is 12.4 Å². The van der Waals surface area contributed by atoms with Gasteiger partial charge in [0.25, 0.3) is 0 Å². The van der Waals surface area contributed by atoms with Crippen LogP contribution < -0.4 is 11.1 Å². The lowest BCUT2D eigenvalue weighted by Gasteiger charge is -2.35. The van der Waals surface area contributed by atoms with Crippen LogP contribution in [0.3, 0.4) is 0 Å². The van der Waals surface area contributed by atoms with Gasteiger partial charge in [0.15, 0.2) is 0 Å². The van der Waals surface area contributed by atoms with Gasteiger partial charge in [0, 0.05) is 24.1 Å². The van der Waals surface area contributed by atoms with Gasteiger partial charge < -0.3 is 16.0 Å². The number of nitrogens with zero attached hydrogens (tertiary/aromatic N) is 1. The molecule has 0 aromatic heterocycles. The van der Waals surface area contributed by atoms with E-state index in [1.54, 1.807) is 12.1 Å². The molecular formula is C17H24ClN3O2. The normalized spacial score (nSPS) is 18.5. The number of nitrogens with two attached hydrogens (primary N) is 1. The second kappa shape index (κ2) is 7.32. The number of benzene rings is 1. The molecule has 3 N–H and O–H groups in total. The number of amides is 2. The van der Waals surface area contributed by atoms with Crippen LogP contribution in [0.5, 0.6) is 0 Å². The summed E-state index contributed by atoms with van der Waals surface area (Å²) in [6.45, 7) is 4.55. The molecule has 1 atom stereocenters. The smallest absolute Gasteiger partial charge is 0.248 e. The van der Waals surface area contributed by atoms with Crippen molar-refractivity contribution in [2.75, 3.05) is 13.1 Å². The molecule has 2 fully saturated rings. The lowest BCUT2D eigenvalue weighted by Crippen LogP contribution is -2.50. The summed E-state index contributed by atoms with van der Waals surface area (Å²) in [7, 11) is 0. The minimum Gasteiger partial charge on any atom is -0.366 e. The van der Waals surface area contributed by atoms with E-state index in [-0.39, 0.29) is 24.2 Å². The molecule has 1 unspecified atom stereocenters. The third kappa shape index (κ3) is 4.03. The highest BCUT2D eigenvalue weighted by atomic mass is 35.5. The lowest BCUT2D eigenvalue weighted by atomic mass is 9.87. The lowest BCUT2D eigenvalue weighted by molar-refractivity contribution is -0.138. The fourth-order valence-corrected chi connectivity index (χ4v) is 2.87. The molecule has 1 saturated heterocycles. The van der Waals surface area contributed by atoms with Gasteiger partial charge in [0.05, 0.1) is 0 Å². The number of hydrogen-bond donors (Lipinski definition) is 2. The molecule has 126 valence electrons. The van der Waals surface area contributed by atoms with E-state index in [0.29, 0.717) is 24.1 Å². The summed E-state index contributed by atoms with van der Waals surface area (Å²) in [6, 6.07) is 7.62. The minimum absolute atomic E-state index is 0. The molecule has 1 aliphatic heterocycles. The standard InChI is InChI=1S/C17H23N3O2.ClH/c1-11(14-8-19-9-14)17(22)20(15-6-7-15)10-12-2-4-13(5-3-12)16(18)21;/h2-5,11,14-15,19H,6-10H2,1H3,(H2,18,21);1H. The predicted molar refractivity (Wildman–Crippen MR) is 91.3 cm³/mol. The summed E-state index contributed by atoms with van der Waals surface area (Å²) >= 11 is 0. The number of rotatable bonds is 6. The van der Waals surface area contributed by atoms with E-state index in [0.717, 1.165) is 31.5 Å². The summed E-state index contributed by atoms with van der Waals surface area (Å²) < 4.78 is 0. The van der Waals surface area contributed by atoms with E-state index in [1.165, 1.54) is 0 Å². The highest BCUT2D eigenvalue weighted by Gasteiger charge is 2.38. The second-order valence-electron chi connectivity index (χ2n) is 6.47. The van der Waals surface area contributed by atoms with Crippen molar-refractivity contribution in [3.63, 3.8) is 0 Å². The summed E-state index contributed by atoms with van der Waals surface area (Å²) in [4.78, 5) is 25.9. The molecule has 1 heterocycles. The monoisotopic (exact) mass is 337 g/mol. The van der Waals surface area contributed by atoms with Gasteiger partial charge in [-0.25, -0.2) is 0 Å². The van der Waals surface area contributed by atoms with Crippen molar-refractivity contribution in [1.82, 2.24) is 10.2 Å². The molecule has 23 heavy (non-hydrogen) atoms. The maximum Gasteiger partial charge on any atom is 0.248 e. The highest BCUT2D eigenvalue weighted by Crippen LogP contribution is 2.31. The first-order chi connectivity index (χ1) is 10.6. The average Bonchev–Trinajstić information content (AvgIpc) is 3.27. The molecule has 1 aromatic carbocycles. The predicted octanol–water partition coefficient (Wildman–Crippen LogP) is 1.55. The quantitative estimate of drug-likeness (QED) is 0.827. The van der Waals surface area contributed by atoms with Gasteiger partial charge in [-0.15, -0.1) is 12.4 Å². The maximum atomic E-state index is 12.8. The van der Waals surface area contributed by atoms with Crippen molar-refractivity contribution in [2.45, 2.75) is 32.4 Å². The largest absolute Gasteiger partial charge is 0.366 e. The van der Waals surface area contributed by atoms with Crippen molar-refractivity contribution in [1.29, 1.82) is 0 Å². The molecule has 1 aromatic rings. The van der Waals surface area contributed by atoms with E-state index in [1.807, 2.05) is 24.0 Å². The molecule has 2 aliphatic rings. The molecule has 0 bridgehead atoms. The van der Waals surface area contributed by atoms with E-state index < -0.39 is 5.91 Å². The van der Waals surface area contributed by atoms with Crippen LogP contribution in [-0.4, -0.2) is 35.8 Å². The highest BCUT2D eigenvalue weighted by molar-refractivity contribution is 5.92. The van der Waals surface area contributed by atoms with Gasteiger partial charge in [-0.05, 0) is 49.5 Å². The van der Waals surface area contributed by atoms with Crippen LogP contribution in [-0.2, 0) is 11.3 Å². The molecule has 6 heteroatoms. The van der Waals surface area contributed by atoms with E-state index in [4.69, 9.17) is 5.73 Å². The summed E-state index contributed by atoms with van der Waals surface area (Å²) in [5.41, 5.74) is 6.80. The minimum atomic E-state index is -0.423. The van der Waals surface area contributed by atoms with Crippen molar-refractivity contribution >= 4 is 24.2 Å². The molecular weight excluding hydrogens is 314 g/mol. The number of nitrogens with one attached hydrogen (secondary N) is 1. The third-order valence-electron chi connectivity index (χ3n) is 4.77. The molecule has 5 nitrogen and oxygen atoms in total. The SMILES string of the molecule is CC(C(=O)N(Cc1ccc(C(N)=O)cc1)C1CC1)C1CNC1.Cl. The summed E-state index contributed by atoms with van der Waals surface area (Å²) in [5, 5.41) is 3.23. The summed E-state index contributed by atoms with van der Waals surface area (Å²) in [6.07, 6.45) is 2.20. The average molecular weight is 338 g/mol. The molecule has 0 spiro atoms. The zero-order chi connectivity index (χ0) is 15.7. The number of carbonyl (C=O) groups excluding carboxylic acids is 2. The molecule has 1 saturated carbocycles. The first kappa shape index (κ1) is 17.8. The van der Waals surface area contributed by atoms with Gasteiger partial charge in [0.2, 0.25) is 11.8 Å². The second-order valence-corrected chi connectivity index (χ2v) is 6.47. The Bertz CT molecular complexity index is 568. The topological polar surface area (TPSA) is 75.4 Å². The van der Waals surface area contributed by atoms with Gasteiger partial charge in [-0.3, -0.25) is 9.59 Å². The van der Waals surface area contributed by atoms with Gasteiger partial charge in [-0.2, -0.15) is 0 Å². The first-order valence-corrected chi connectivity index (χ1v) is 7.96. The Morgan fingerprint density at radius 1 is 1.26 bits per heavy atom. The van der Waals surface area contributed by atoms with Gasteiger partial charge in [0.1, 0.15) is 0 Å². The Morgan fingerprint density at radius 2 is 1.87 bits per heavy atom. The Balaban J connectivity index is 0.00000192. The molecule has 3 rings (SSSR count). The van der Waals surface area contributed by atoms with E-state index >= 15 is 0 Å². The van der Waals surface area contributed by atoms with Crippen LogP contribution in [0, 0.1) is 11.8 Å². The zero-order valence-electron chi connectivity index (χ0n) is 13.3. The zero-order valence-corrected chi connectivity index (χ0v) is 14.1. The Hall–Kier alpha value is -1.59. The van der Waals surface area contributed by atoms with Crippen LogP contribution in [0.4, 0.5) is 0 Å².